The molecule has 7 heteroatoms. The lowest BCUT2D eigenvalue weighted by Gasteiger charge is -2.38. The smallest absolute Gasteiger partial charge is 0.318 e. The Kier molecular flexibility index (Phi) is 5.56. The van der Waals surface area contributed by atoms with Crippen molar-refractivity contribution in [3.8, 4) is 0 Å². The first-order chi connectivity index (χ1) is 14.1. The van der Waals surface area contributed by atoms with Crippen LogP contribution in [0.3, 0.4) is 0 Å². The van der Waals surface area contributed by atoms with Gasteiger partial charge in [-0.1, -0.05) is 25.1 Å². The van der Waals surface area contributed by atoms with Crippen LogP contribution in [0.15, 0.2) is 42.6 Å². The van der Waals surface area contributed by atoms with E-state index in [4.69, 9.17) is 0 Å². The Hall–Kier alpha value is -2.83. The molecule has 2 aromatic rings. The fourth-order valence-electron chi connectivity index (χ4n) is 4.00. The standard InChI is InChI=1S/C22H27FN4O2/c1-2-11-24-22(29)27(16-9-10-16)15-20(28)26-14-13-25-12-5-8-19(25)21(26)17-6-3-4-7-18(17)23/h3-8,12,16,21H,2,9-11,13-15H2,1H3,(H,24,29)/t21-/m1/s1. The van der Waals surface area contributed by atoms with Crippen LogP contribution in [0.2, 0.25) is 0 Å². The minimum atomic E-state index is -0.493. The summed E-state index contributed by atoms with van der Waals surface area (Å²) in [7, 11) is 0. The van der Waals surface area contributed by atoms with Crippen molar-refractivity contribution < 1.29 is 14.0 Å². The number of benzene rings is 1. The van der Waals surface area contributed by atoms with Crippen LogP contribution in [0, 0.1) is 5.82 Å². The molecular formula is C22H27FN4O2. The molecule has 1 N–H and O–H groups in total. The molecular weight excluding hydrogens is 371 g/mol. The van der Waals surface area contributed by atoms with Gasteiger partial charge in [0.1, 0.15) is 18.4 Å². The molecule has 1 atom stereocenters. The molecule has 4 rings (SSSR count). The highest BCUT2D eigenvalue weighted by Gasteiger charge is 2.38. The van der Waals surface area contributed by atoms with Gasteiger partial charge in [-0.2, -0.15) is 0 Å². The van der Waals surface area contributed by atoms with Gasteiger partial charge in [0.25, 0.3) is 0 Å². The highest BCUT2D eigenvalue weighted by Crippen LogP contribution is 2.34. The van der Waals surface area contributed by atoms with E-state index in [2.05, 4.69) is 9.88 Å². The number of rotatable bonds is 6. The number of fused-ring (bicyclic) bond motifs is 1. The Morgan fingerprint density at radius 2 is 1.97 bits per heavy atom. The molecule has 3 amide bonds. The summed E-state index contributed by atoms with van der Waals surface area (Å²) in [4.78, 5) is 29.2. The topological polar surface area (TPSA) is 57.6 Å². The van der Waals surface area contributed by atoms with Crippen LogP contribution in [0.25, 0.3) is 0 Å². The van der Waals surface area contributed by atoms with Crippen LogP contribution in [0.1, 0.15) is 43.5 Å². The molecule has 1 aliphatic heterocycles. The number of nitrogens with zero attached hydrogens (tertiary/aromatic N) is 3. The Morgan fingerprint density at radius 1 is 1.17 bits per heavy atom. The zero-order valence-corrected chi connectivity index (χ0v) is 16.7. The molecule has 1 fully saturated rings. The zero-order valence-electron chi connectivity index (χ0n) is 16.7. The van der Waals surface area contributed by atoms with Crippen molar-refractivity contribution in [3.05, 3.63) is 59.7 Å². The number of amides is 3. The number of urea groups is 1. The SMILES string of the molecule is CCCNC(=O)N(CC(=O)N1CCn2cccc2[C@H]1c1ccccc1F)C1CC1. The third-order valence-electron chi connectivity index (χ3n) is 5.64. The largest absolute Gasteiger partial charge is 0.348 e. The average molecular weight is 398 g/mol. The van der Waals surface area contributed by atoms with Crippen molar-refractivity contribution in [2.45, 2.75) is 44.8 Å². The molecule has 1 saturated carbocycles. The van der Waals surface area contributed by atoms with Crippen LogP contribution in [0.5, 0.6) is 0 Å². The fraction of sp³-hybridized carbons (Fsp3) is 0.455. The lowest BCUT2D eigenvalue weighted by molar-refractivity contribution is -0.134. The van der Waals surface area contributed by atoms with E-state index in [1.54, 1.807) is 28.0 Å². The van der Waals surface area contributed by atoms with Crippen molar-refractivity contribution >= 4 is 11.9 Å². The minimum Gasteiger partial charge on any atom is -0.348 e. The predicted octanol–water partition coefficient (Wildman–Crippen LogP) is 3.14. The van der Waals surface area contributed by atoms with Crippen molar-refractivity contribution in [1.82, 2.24) is 19.7 Å². The molecule has 2 aliphatic rings. The van der Waals surface area contributed by atoms with Crippen molar-refractivity contribution in [2.75, 3.05) is 19.6 Å². The van der Waals surface area contributed by atoms with Gasteiger partial charge in [-0.15, -0.1) is 0 Å². The summed E-state index contributed by atoms with van der Waals surface area (Å²) in [6, 6.07) is 9.89. The minimum absolute atomic E-state index is 0.0197. The van der Waals surface area contributed by atoms with Gasteiger partial charge in [-0.05, 0) is 37.5 Å². The van der Waals surface area contributed by atoms with Gasteiger partial charge in [0.2, 0.25) is 5.91 Å². The van der Waals surface area contributed by atoms with E-state index in [0.29, 0.717) is 25.2 Å². The van der Waals surface area contributed by atoms with Crippen molar-refractivity contribution in [3.63, 3.8) is 0 Å². The summed E-state index contributed by atoms with van der Waals surface area (Å²) in [5.74, 6) is -0.478. The van der Waals surface area contributed by atoms with E-state index in [1.165, 1.54) is 6.07 Å². The monoisotopic (exact) mass is 398 g/mol. The number of halogens is 1. The maximum atomic E-state index is 14.7. The van der Waals surface area contributed by atoms with E-state index in [0.717, 1.165) is 25.0 Å². The third kappa shape index (κ3) is 3.99. The molecule has 0 unspecified atom stereocenters. The molecule has 0 bridgehead atoms. The first-order valence-electron chi connectivity index (χ1n) is 10.3. The summed E-state index contributed by atoms with van der Waals surface area (Å²) >= 11 is 0. The molecule has 29 heavy (non-hydrogen) atoms. The highest BCUT2D eigenvalue weighted by molar-refractivity contribution is 5.85. The third-order valence-corrected chi connectivity index (χ3v) is 5.64. The summed E-state index contributed by atoms with van der Waals surface area (Å²) in [5, 5.41) is 2.88. The Labute approximate surface area is 170 Å². The highest BCUT2D eigenvalue weighted by atomic mass is 19.1. The number of aromatic nitrogens is 1. The Bertz CT molecular complexity index is 892. The van der Waals surface area contributed by atoms with E-state index >= 15 is 0 Å². The van der Waals surface area contributed by atoms with E-state index in [9.17, 15) is 14.0 Å². The molecule has 1 aliphatic carbocycles. The number of carbonyl (C=O) groups excluding carboxylic acids is 2. The van der Waals surface area contributed by atoms with Gasteiger partial charge in [-0.3, -0.25) is 4.79 Å². The maximum Gasteiger partial charge on any atom is 0.318 e. The van der Waals surface area contributed by atoms with E-state index in [1.807, 2.05) is 25.3 Å². The fourth-order valence-corrected chi connectivity index (χ4v) is 4.00. The van der Waals surface area contributed by atoms with Gasteiger partial charge in [0.05, 0.1) is 0 Å². The molecule has 1 aromatic heterocycles. The van der Waals surface area contributed by atoms with E-state index < -0.39 is 6.04 Å². The van der Waals surface area contributed by atoms with Gasteiger partial charge >= 0.3 is 6.03 Å². The Balaban J connectivity index is 1.59. The van der Waals surface area contributed by atoms with Gasteiger partial charge < -0.3 is 19.7 Å². The number of nitrogens with one attached hydrogen (secondary N) is 1. The number of hydrogen-bond donors (Lipinski definition) is 1. The molecule has 0 saturated heterocycles. The van der Waals surface area contributed by atoms with Crippen LogP contribution >= 0.6 is 0 Å². The zero-order chi connectivity index (χ0) is 20.4. The lowest BCUT2D eigenvalue weighted by Crippen LogP contribution is -2.50. The first kappa shape index (κ1) is 19.5. The van der Waals surface area contributed by atoms with Gasteiger partial charge in [0.15, 0.2) is 0 Å². The molecule has 154 valence electrons. The average Bonchev–Trinajstić information content (AvgIpc) is 3.45. The summed E-state index contributed by atoms with van der Waals surface area (Å²) in [5.41, 5.74) is 1.37. The summed E-state index contributed by atoms with van der Waals surface area (Å²) < 4.78 is 16.7. The van der Waals surface area contributed by atoms with E-state index in [-0.39, 0.29) is 30.3 Å². The maximum absolute atomic E-state index is 14.7. The number of carbonyl (C=O) groups is 2. The van der Waals surface area contributed by atoms with Gasteiger partial charge in [0, 0.05) is 43.1 Å². The summed E-state index contributed by atoms with van der Waals surface area (Å²) in [6.45, 7) is 3.74. The second kappa shape index (κ2) is 8.27. The first-order valence-corrected chi connectivity index (χ1v) is 10.3. The normalized spacial score (nSPS) is 18.3. The Morgan fingerprint density at radius 3 is 2.69 bits per heavy atom. The lowest BCUT2D eigenvalue weighted by atomic mass is 9.99. The van der Waals surface area contributed by atoms with Crippen LogP contribution in [-0.2, 0) is 11.3 Å². The second-order valence-corrected chi connectivity index (χ2v) is 7.73. The van der Waals surface area contributed by atoms with Crippen LogP contribution < -0.4 is 5.32 Å². The second-order valence-electron chi connectivity index (χ2n) is 7.73. The quantitative estimate of drug-likeness (QED) is 0.813. The summed E-state index contributed by atoms with van der Waals surface area (Å²) in [6.07, 6.45) is 4.65. The van der Waals surface area contributed by atoms with Crippen molar-refractivity contribution in [2.24, 2.45) is 0 Å². The van der Waals surface area contributed by atoms with Gasteiger partial charge in [-0.25, -0.2) is 9.18 Å². The number of hydrogen-bond acceptors (Lipinski definition) is 2. The van der Waals surface area contributed by atoms with Crippen LogP contribution in [0.4, 0.5) is 9.18 Å². The van der Waals surface area contributed by atoms with Crippen molar-refractivity contribution in [1.29, 1.82) is 0 Å². The molecule has 0 spiro atoms. The molecule has 6 nitrogen and oxygen atoms in total. The van der Waals surface area contributed by atoms with Crippen LogP contribution in [-0.4, -0.2) is 52.0 Å². The molecule has 1 aromatic carbocycles. The molecule has 0 radical (unpaired) electrons. The predicted molar refractivity (Wildman–Crippen MR) is 108 cm³/mol. The molecule has 2 heterocycles.